The van der Waals surface area contributed by atoms with Gasteiger partial charge in [0.1, 0.15) is 11.8 Å². The number of benzene rings is 2. The van der Waals surface area contributed by atoms with Gasteiger partial charge < -0.3 is 19.7 Å². The standard InChI is InChI=1S/C31H38N4O4S/c36-30-11-9-23-8-10-24(21-28(23)35(30)22-39-31(37)26-5-4-13-32-26)38-19-2-1-14-33-15-17-34(18-16-33)27-6-3-7-29-25(27)12-20-40-29/h3,6-8,10,12,20-21,26,32H,1-2,4-5,9,11,13-19,22H2. The third-order valence-corrected chi connectivity index (χ3v) is 9.14. The molecule has 1 N–H and O–H groups in total. The lowest BCUT2D eigenvalue weighted by Crippen LogP contribution is -2.46. The Kier molecular flexibility index (Phi) is 8.51. The smallest absolute Gasteiger partial charge is 0.324 e. The third-order valence-electron chi connectivity index (χ3n) is 8.26. The number of ether oxygens (including phenoxy) is 2. The third kappa shape index (κ3) is 6.11. The van der Waals surface area contributed by atoms with Crippen molar-refractivity contribution in [2.24, 2.45) is 0 Å². The molecule has 1 atom stereocenters. The Morgan fingerprint density at radius 1 is 1.02 bits per heavy atom. The van der Waals surface area contributed by atoms with Crippen LogP contribution in [0.3, 0.4) is 0 Å². The van der Waals surface area contributed by atoms with Crippen LogP contribution in [0, 0.1) is 0 Å². The fourth-order valence-corrected chi connectivity index (χ4v) is 6.76. The molecular formula is C31H38N4O4S. The molecule has 0 radical (unpaired) electrons. The summed E-state index contributed by atoms with van der Waals surface area (Å²) in [4.78, 5) is 31.7. The summed E-state index contributed by atoms with van der Waals surface area (Å²) >= 11 is 1.81. The van der Waals surface area contributed by atoms with Gasteiger partial charge in [0.2, 0.25) is 5.91 Å². The van der Waals surface area contributed by atoms with Crippen molar-refractivity contribution in [3.8, 4) is 5.75 Å². The molecule has 2 aromatic carbocycles. The van der Waals surface area contributed by atoms with Gasteiger partial charge in [-0.15, -0.1) is 11.3 Å². The van der Waals surface area contributed by atoms with Gasteiger partial charge in [-0.05, 0) is 80.4 Å². The molecule has 0 saturated carbocycles. The van der Waals surface area contributed by atoms with Crippen LogP contribution in [0.15, 0.2) is 47.8 Å². The second-order valence-corrected chi connectivity index (χ2v) is 11.8. The number of amides is 1. The van der Waals surface area contributed by atoms with Crippen LogP contribution in [0.4, 0.5) is 11.4 Å². The molecule has 40 heavy (non-hydrogen) atoms. The Bertz CT molecular complexity index is 1330. The Morgan fingerprint density at radius 2 is 1.93 bits per heavy atom. The number of aryl methyl sites for hydroxylation is 1. The zero-order valence-electron chi connectivity index (χ0n) is 23.0. The van der Waals surface area contributed by atoms with Crippen molar-refractivity contribution in [1.29, 1.82) is 0 Å². The Hall–Kier alpha value is -3.14. The SMILES string of the molecule is O=C(OCN1C(=O)CCc2ccc(OCCCCN3CCN(c4cccc5sccc45)CC3)cc21)C1CCCN1. The predicted octanol–water partition coefficient (Wildman–Crippen LogP) is 4.41. The second kappa shape index (κ2) is 12.6. The summed E-state index contributed by atoms with van der Waals surface area (Å²) < 4.78 is 12.9. The number of nitrogens with zero attached hydrogens (tertiary/aromatic N) is 3. The van der Waals surface area contributed by atoms with Gasteiger partial charge in [-0.1, -0.05) is 12.1 Å². The number of carbonyl (C=O) groups is 2. The molecule has 3 aliphatic rings. The minimum atomic E-state index is -0.286. The highest BCUT2D eigenvalue weighted by atomic mass is 32.1. The summed E-state index contributed by atoms with van der Waals surface area (Å²) in [6.07, 6.45) is 4.92. The summed E-state index contributed by atoms with van der Waals surface area (Å²) in [5.74, 6) is 0.438. The number of anilines is 2. The van der Waals surface area contributed by atoms with E-state index >= 15 is 0 Å². The highest BCUT2D eigenvalue weighted by molar-refractivity contribution is 7.17. The van der Waals surface area contributed by atoms with E-state index in [1.54, 1.807) is 4.90 Å². The van der Waals surface area contributed by atoms with Crippen molar-refractivity contribution in [3.05, 3.63) is 53.4 Å². The van der Waals surface area contributed by atoms with E-state index in [0.717, 1.165) is 82.0 Å². The van der Waals surface area contributed by atoms with Crippen molar-refractivity contribution in [2.75, 3.05) is 62.4 Å². The normalized spacial score (nSPS) is 19.7. The van der Waals surface area contributed by atoms with Crippen LogP contribution >= 0.6 is 11.3 Å². The number of fused-ring (bicyclic) bond motifs is 2. The van der Waals surface area contributed by atoms with Crippen molar-refractivity contribution in [2.45, 2.75) is 44.6 Å². The molecule has 1 amide bonds. The summed E-state index contributed by atoms with van der Waals surface area (Å²) in [5.41, 5.74) is 3.23. The minimum Gasteiger partial charge on any atom is -0.494 e. The van der Waals surface area contributed by atoms with Crippen LogP contribution in [-0.2, 0) is 20.7 Å². The van der Waals surface area contributed by atoms with Crippen LogP contribution < -0.4 is 19.9 Å². The number of rotatable bonds is 10. The zero-order valence-corrected chi connectivity index (χ0v) is 23.8. The monoisotopic (exact) mass is 562 g/mol. The number of piperazine rings is 1. The number of unbranched alkanes of at least 4 members (excludes halogenated alkanes) is 1. The van der Waals surface area contributed by atoms with Crippen LogP contribution in [0.25, 0.3) is 10.1 Å². The van der Waals surface area contributed by atoms with Crippen LogP contribution in [0.5, 0.6) is 5.75 Å². The van der Waals surface area contributed by atoms with Crippen LogP contribution in [0.2, 0.25) is 0 Å². The molecule has 6 rings (SSSR count). The van der Waals surface area contributed by atoms with Gasteiger partial charge in [0.15, 0.2) is 6.73 Å². The molecule has 0 aliphatic carbocycles. The van der Waals surface area contributed by atoms with Gasteiger partial charge in [0.05, 0.1) is 12.3 Å². The molecule has 1 unspecified atom stereocenters. The lowest BCUT2D eigenvalue weighted by Gasteiger charge is -2.36. The molecule has 212 valence electrons. The van der Waals surface area contributed by atoms with E-state index in [-0.39, 0.29) is 24.6 Å². The number of thiophene rings is 1. The summed E-state index contributed by atoms with van der Waals surface area (Å²) in [5, 5.41) is 6.70. The molecule has 4 heterocycles. The molecule has 9 heteroatoms. The first-order valence-electron chi connectivity index (χ1n) is 14.6. The highest BCUT2D eigenvalue weighted by Gasteiger charge is 2.28. The minimum absolute atomic E-state index is 0.0241. The topological polar surface area (TPSA) is 74.4 Å². The quantitative estimate of drug-likeness (QED) is 0.290. The van der Waals surface area contributed by atoms with Crippen LogP contribution in [0.1, 0.15) is 37.7 Å². The molecule has 0 bridgehead atoms. The average Bonchev–Trinajstić information content (AvgIpc) is 3.70. The van der Waals surface area contributed by atoms with E-state index in [0.29, 0.717) is 19.4 Å². The number of esters is 1. The molecule has 2 fully saturated rings. The van der Waals surface area contributed by atoms with Gasteiger partial charge in [-0.25, -0.2) is 0 Å². The van der Waals surface area contributed by atoms with Gasteiger partial charge in [0, 0.05) is 54.4 Å². The maximum atomic E-state index is 12.7. The van der Waals surface area contributed by atoms with E-state index in [4.69, 9.17) is 9.47 Å². The van der Waals surface area contributed by atoms with Crippen molar-refractivity contribution >= 4 is 44.7 Å². The van der Waals surface area contributed by atoms with Gasteiger partial charge >= 0.3 is 5.97 Å². The maximum absolute atomic E-state index is 12.7. The first kappa shape index (κ1) is 27.1. The van der Waals surface area contributed by atoms with Crippen molar-refractivity contribution in [1.82, 2.24) is 10.2 Å². The number of carbonyl (C=O) groups excluding carboxylic acids is 2. The molecule has 1 aromatic heterocycles. The lowest BCUT2D eigenvalue weighted by atomic mass is 10.0. The molecule has 3 aromatic rings. The highest BCUT2D eigenvalue weighted by Crippen LogP contribution is 2.33. The summed E-state index contributed by atoms with van der Waals surface area (Å²) in [6.45, 7) is 6.76. The average molecular weight is 563 g/mol. The fourth-order valence-electron chi connectivity index (χ4n) is 5.96. The Balaban J connectivity index is 0.943. The summed E-state index contributed by atoms with van der Waals surface area (Å²) in [6, 6.07) is 14.5. The Morgan fingerprint density at radius 3 is 2.77 bits per heavy atom. The fraction of sp³-hybridized carbons (Fsp3) is 0.484. The maximum Gasteiger partial charge on any atom is 0.324 e. The van der Waals surface area contributed by atoms with Crippen LogP contribution in [-0.4, -0.2) is 75.4 Å². The zero-order chi connectivity index (χ0) is 27.3. The first-order chi connectivity index (χ1) is 19.7. The molecule has 3 aliphatic heterocycles. The van der Waals surface area contributed by atoms with Gasteiger partial charge in [-0.2, -0.15) is 0 Å². The largest absolute Gasteiger partial charge is 0.494 e. The Labute approximate surface area is 239 Å². The van der Waals surface area contributed by atoms with Crippen molar-refractivity contribution < 1.29 is 19.1 Å². The molecule has 2 saturated heterocycles. The first-order valence-corrected chi connectivity index (χ1v) is 15.4. The number of hydrogen-bond acceptors (Lipinski definition) is 8. The molecular weight excluding hydrogens is 524 g/mol. The van der Waals surface area contributed by atoms with Gasteiger partial charge in [-0.3, -0.25) is 19.4 Å². The van der Waals surface area contributed by atoms with E-state index in [9.17, 15) is 9.59 Å². The predicted molar refractivity (Wildman–Crippen MR) is 159 cm³/mol. The van der Waals surface area contributed by atoms with E-state index in [1.807, 2.05) is 29.5 Å². The summed E-state index contributed by atoms with van der Waals surface area (Å²) in [7, 11) is 0. The molecule has 0 spiro atoms. The second-order valence-electron chi connectivity index (χ2n) is 10.8. The van der Waals surface area contributed by atoms with Crippen molar-refractivity contribution in [3.63, 3.8) is 0 Å². The van der Waals surface area contributed by atoms with E-state index in [1.165, 1.54) is 15.8 Å². The van der Waals surface area contributed by atoms with Gasteiger partial charge in [0.25, 0.3) is 0 Å². The molecule has 8 nitrogen and oxygen atoms in total. The lowest BCUT2D eigenvalue weighted by molar-refractivity contribution is -0.146. The number of nitrogens with one attached hydrogen (secondary N) is 1. The van der Waals surface area contributed by atoms with E-state index < -0.39 is 0 Å². The van der Waals surface area contributed by atoms with E-state index in [2.05, 4.69) is 44.8 Å². The number of hydrogen-bond donors (Lipinski definition) is 1.